The third-order valence-electron chi connectivity index (χ3n) is 3.66. The quantitative estimate of drug-likeness (QED) is 0.629. The zero-order valence-electron chi connectivity index (χ0n) is 13.9. The maximum Gasteiger partial charge on any atom is 0.191 e. The van der Waals surface area contributed by atoms with Crippen LogP contribution in [0.2, 0.25) is 0 Å². The van der Waals surface area contributed by atoms with Crippen molar-refractivity contribution < 1.29 is 4.74 Å². The van der Waals surface area contributed by atoms with E-state index in [1.165, 1.54) is 0 Å². The molecule has 0 aliphatic heterocycles. The van der Waals surface area contributed by atoms with Gasteiger partial charge in [0.25, 0.3) is 0 Å². The first kappa shape index (κ1) is 16.9. The lowest BCUT2D eigenvalue weighted by molar-refractivity contribution is 0.306. The minimum absolute atomic E-state index is 0.560. The van der Waals surface area contributed by atoms with Gasteiger partial charge in [-0.1, -0.05) is 42.5 Å². The first-order valence-electron chi connectivity index (χ1n) is 8.03. The fraction of sp³-hybridized carbons (Fsp3) is 0.316. The molecule has 2 aromatic rings. The van der Waals surface area contributed by atoms with Crippen LogP contribution >= 0.6 is 0 Å². The average molecular weight is 311 g/mol. The van der Waals surface area contributed by atoms with E-state index in [1.807, 2.05) is 47.4 Å². The summed E-state index contributed by atoms with van der Waals surface area (Å²) in [5.74, 6) is 1.44. The van der Waals surface area contributed by atoms with Gasteiger partial charge in [-0.25, -0.2) is 4.99 Å². The van der Waals surface area contributed by atoms with Crippen LogP contribution in [0.5, 0.6) is 5.75 Å². The number of hydrogen-bond donors (Lipinski definition) is 1. The van der Waals surface area contributed by atoms with Gasteiger partial charge >= 0.3 is 0 Å². The molecule has 2 aromatic carbocycles. The minimum Gasteiger partial charge on any atom is -0.489 e. The Kier molecular flexibility index (Phi) is 6.48. The van der Waals surface area contributed by atoms with Crippen molar-refractivity contribution in [1.29, 1.82) is 0 Å². The summed E-state index contributed by atoms with van der Waals surface area (Å²) < 4.78 is 5.84. The highest BCUT2D eigenvalue weighted by Gasteiger charge is 2.02. The zero-order chi connectivity index (χ0) is 16.5. The number of aliphatic imine (C=N–C) groups is 1. The van der Waals surface area contributed by atoms with E-state index in [2.05, 4.69) is 31.0 Å². The molecule has 23 heavy (non-hydrogen) atoms. The number of hydrogen-bond acceptors (Lipinski definition) is 2. The van der Waals surface area contributed by atoms with E-state index in [4.69, 9.17) is 10.5 Å². The predicted octanol–water partition coefficient (Wildman–Crippen LogP) is 3.42. The van der Waals surface area contributed by atoms with Gasteiger partial charge in [0.2, 0.25) is 0 Å². The molecule has 0 bridgehead atoms. The van der Waals surface area contributed by atoms with Crippen molar-refractivity contribution in [2.75, 3.05) is 13.1 Å². The molecule has 0 saturated carbocycles. The van der Waals surface area contributed by atoms with E-state index in [0.29, 0.717) is 19.1 Å². The largest absolute Gasteiger partial charge is 0.489 e. The molecule has 0 unspecified atom stereocenters. The maximum atomic E-state index is 6.00. The molecule has 0 aliphatic rings. The summed E-state index contributed by atoms with van der Waals surface area (Å²) in [7, 11) is 0. The Morgan fingerprint density at radius 1 is 1.00 bits per heavy atom. The summed E-state index contributed by atoms with van der Waals surface area (Å²) >= 11 is 0. The average Bonchev–Trinajstić information content (AvgIpc) is 2.60. The lowest BCUT2D eigenvalue weighted by Crippen LogP contribution is -2.37. The fourth-order valence-electron chi connectivity index (χ4n) is 2.29. The smallest absolute Gasteiger partial charge is 0.191 e. The minimum atomic E-state index is 0.560. The normalized spacial score (nSPS) is 11.3. The zero-order valence-corrected chi connectivity index (χ0v) is 13.9. The first-order chi connectivity index (χ1) is 11.2. The second-order valence-electron chi connectivity index (χ2n) is 5.27. The molecule has 4 heteroatoms. The van der Waals surface area contributed by atoms with Gasteiger partial charge in [0.05, 0.1) is 6.54 Å². The van der Waals surface area contributed by atoms with Crippen molar-refractivity contribution in [3.05, 3.63) is 65.7 Å². The Bertz CT molecular complexity index is 622. The molecule has 0 aromatic heterocycles. The molecular weight excluding hydrogens is 286 g/mol. The molecule has 0 spiro atoms. The number of ether oxygens (including phenoxy) is 1. The van der Waals surface area contributed by atoms with Crippen LogP contribution < -0.4 is 10.5 Å². The van der Waals surface area contributed by atoms with Crippen molar-refractivity contribution in [2.24, 2.45) is 10.7 Å². The molecule has 122 valence electrons. The molecule has 0 atom stereocenters. The van der Waals surface area contributed by atoms with Gasteiger partial charge in [-0.15, -0.1) is 0 Å². The summed E-state index contributed by atoms with van der Waals surface area (Å²) in [5.41, 5.74) is 8.25. The van der Waals surface area contributed by atoms with Crippen LogP contribution in [0.25, 0.3) is 0 Å². The highest BCUT2D eigenvalue weighted by molar-refractivity contribution is 5.78. The van der Waals surface area contributed by atoms with Crippen LogP contribution in [0.3, 0.4) is 0 Å². The van der Waals surface area contributed by atoms with Crippen molar-refractivity contribution in [1.82, 2.24) is 4.90 Å². The Labute approximate surface area is 138 Å². The van der Waals surface area contributed by atoms with Crippen LogP contribution in [-0.2, 0) is 13.2 Å². The highest BCUT2D eigenvalue weighted by Crippen LogP contribution is 2.16. The third-order valence-corrected chi connectivity index (χ3v) is 3.66. The fourth-order valence-corrected chi connectivity index (χ4v) is 2.29. The van der Waals surface area contributed by atoms with Gasteiger partial charge in [0.15, 0.2) is 5.96 Å². The van der Waals surface area contributed by atoms with E-state index in [0.717, 1.165) is 30.0 Å². The summed E-state index contributed by atoms with van der Waals surface area (Å²) in [6.07, 6.45) is 0. The molecule has 0 fully saturated rings. The Morgan fingerprint density at radius 2 is 1.70 bits per heavy atom. The molecular formula is C19H25N3O. The van der Waals surface area contributed by atoms with E-state index in [1.54, 1.807) is 0 Å². The van der Waals surface area contributed by atoms with Crippen molar-refractivity contribution in [3.63, 3.8) is 0 Å². The number of nitrogens with two attached hydrogens (primary N) is 1. The number of benzene rings is 2. The van der Waals surface area contributed by atoms with E-state index in [9.17, 15) is 0 Å². The molecule has 2 N–H and O–H groups in total. The summed E-state index contributed by atoms with van der Waals surface area (Å²) in [4.78, 5) is 6.50. The first-order valence-corrected chi connectivity index (χ1v) is 8.03. The van der Waals surface area contributed by atoms with Gasteiger partial charge in [0, 0.05) is 13.1 Å². The Balaban J connectivity index is 1.95. The van der Waals surface area contributed by atoms with Crippen LogP contribution in [0.4, 0.5) is 0 Å². The number of nitrogens with zero attached hydrogens (tertiary/aromatic N) is 2. The summed E-state index contributed by atoms with van der Waals surface area (Å²) in [5, 5.41) is 0. The monoisotopic (exact) mass is 311 g/mol. The predicted molar refractivity (Wildman–Crippen MR) is 95.5 cm³/mol. The van der Waals surface area contributed by atoms with Gasteiger partial charge in [-0.2, -0.15) is 0 Å². The van der Waals surface area contributed by atoms with Crippen molar-refractivity contribution in [2.45, 2.75) is 27.0 Å². The van der Waals surface area contributed by atoms with Gasteiger partial charge < -0.3 is 15.4 Å². The van der Waals surface area contributed by atoms with E-state index < -0.39 is 0 Å². The lowest BCUT2D eigenvalue weighted by atomic mass is 10.2. The number of guanidine groups is 1. The molecule has 0 aliphatic carbocycles. The lowest BCUT2D eigenvalue weighted by Gasteiger charge is -2.19. The number of rotatable bonds is 7. The van der Waals surface area contributed by atoms with Gasteiger partial charge in [0.1, 0.15) is 12.4 Å². The summed E-state index contributed by atoms with van der Waals surface area (Å²) in [6, 6.07) is 18.1. The third kappa shape index (κ3) is 5.33. The Morgan fingerprint density at radius 3 is 2.39 bits per heavy atom. The molecule has 0 amide bonds. The van der Waals surface area contributed by atoms with Gasteiger partial charge in [-0.05, 0) is 37.1 Å². The molecule has 4 nitrogen and oxygen atoms in total. The van der Waals surface area contributed by atoms with Gasteiger partial charge in [-0.3, -0.25) is 0 Å². The van der Waals surface area contributed by atoms with E-state index in [-0.39, 0.29) is 0 Å². The standard InChI is InChI=1S/C19H25N3O/c1-3-22(4-2)19(20)21-14-17-11-8-12-18(13-17)23-15-16-9-6-5-7-10-16/h5-13H,3-4,14-15H2,1-2H3,(H2,20,21). The maximum absolute atomic E-state index is 6.00. The van der Waals surface area contributed by atoms with Crippen LogP contribution in [0.15, 0.2) is 59.6 Å². The SMILES string of the molecule is CCN(CC)C(N)=NCc1cccc(OCc2ccccc2)c1. The van der Waals surface area contributed by atoms with E-state index >= 15 is 0 Å². The highest BCUT2D eigenvalue weighted by atomic mass is 16.5. The Hall–Kier alpha value is -2.49. The molecule has 2 rings (SSSR count). The van der Waals surface area contributed by atoms with Crippen molar-refractivity contribution >= 4 is 5.96 Å². The molecule has 0 radical (unpaired) electrons. The molecule has 0 saturated heterocycles. The van der Waals surface area contributed by atoms with Crippen LogP contribution in [-0.4, -0.2) is 23.9 Å². The van der Waals surface area contributed by atoms with Crippen LogP contribution in [0, 0.1) is 0 Å². The topological polar surface area (TPSA) is 50.8 Å². The van der Waals surface area contributed by atoms with Crippen LogP contribution in [0.1, 0.15) is 25.0 Å². The van der Waals surface area contributed by atoms with Crippen molar-refractivity contribution in [3.8, 4) is 5.75 Å². The molecule has 0 heterocycles. The second kappa shape index (κ2) is 8.83. The second-order valence-corrected chi connectivity index (χ2v) is 5.27. The summed E-state index contributed by atoms with van der Waals surface area (Å²) in [6.45, 7) is 7.01.